The maximum Gasteiger partial charge on any atom is 0.228 e. The molecule has 1 heterocycles. The number of hydrogen-bond acceptors (Lipinski definition) is 3. The van der Waals surface area contributed by atoms with Crippen LogP contribution in [0, 0.1) is 6.92 Å². The summed E-state index contributed by atoms with van der Waals surface area (Å²) in [4.78, 5) is 14.4. The summed E-state index contributed by atoms with van der Waals surface area (Å²) in [7, 11) is 0. The van der Waals surface area contributed by atoms with Crippen LogP contribution in [-0.2, 0) is 23.2 Å². The van der Waals surface area contributed by atoms with Crippen molar-refractivity contribution >= 4 is 22.9 Å². The van der Waals surface area contributed by atoms with Gasteiger partial charge in [0.1, 0.15) is 5.75 Å². The molecule has 4 nitrogen and oxygen atoms in total. The highest BCUT2D eigenvalue weighted by Gasteiger charge is 2.22. The number of aromatic nitrogens is 1. The molecule has 1 aromatic heterocycles. The molecule has 3 rings (SSSR count). The van der Waals surface area contributed by atoms with Crippen LogP contribution in [0.2, 0.25) is 0 Å². The molecule has 0 bridgehead atoms. The zero-order chi connectivity index (χ0) is 30.2. The predicted octanol–water partition coefficient (Wildman–Crippen LogP) is 6.95. The Morgan fingerprint density at radius 3 is 2.02 bits per heavy atom. The third-order valence-corrected chi connectivity index (χ3v) is 8.68. The number of unbranched alkanes of at least 4 members (excludes halogenated alkanes) is 11. The second kappa shape index (κ2) is 20.0. The highest BCUT2D eigenvalue weighted by atomic mass is 79.9. The first kappa shape index (κ1) is 37.0. The second-order valence-corrected chi connectivity index (χ2v) is 13.9. The molecular weight excluding hydrogens is 616 g/mol. The first-order chi connectivity index (χ1) is 20.3. The zero-order valence-electron chi connectivity index (χ0n) is 27.4. The van der Waals surface area contributed by atoms with Crippen molar-refractivity contribution in [2.24, 2.45) is 0 Å². The maximum atomic E-state index is 13.1. The van der Waals surface area contributed by atoms with Gasteiger partial charge in [0.05, 0.1) is 17.9 Å². The molecule has 43 heavy (non-hydrogen) atoms. The number of thiazole rings is 1. The van der Waals surface area contributed by atoms with Crippen LogP contribution in [0.15, 0.2) is 54.2 Å². The summed E-state index contributed by atoms with van der Waals surface area (Å²) in [6.07, 6.45) is 18.4. The van der Waals surface area contributed by atoms with Gasteiger partial charge in [-0.15, -0.1) is 0 Å². The first-order valence-corrected chi connectivity index (χ1v) is 17.2. The van der Waals surface area contributed by atoms with Gasteiger partial charge in [0, 0.05) is 16.8 Å². The van der Waals surface area contributed by atoms with E-state index in [4.69, 9.17) is 4.74 Å². The number of nitrogens with zero attached hydrogens (tertiary/aromatic N) is 1. The Labute approximate surface area is 276 Å². The van der Waals surface area contributed by atoms with Crippen LogP contribution in [0.5, 0.6) is 5.75 Å². The number of hydrogen-bond donors (Lipinski definition) is 1. The summed E-state index contributed by atoms with van der Waals surface area (Å²) in [5.41, 5.74) is 6.22. The number of carbonyl (C=O) groups excluding carboxylic acids is 1. The van der Waals surface area contributed by atoms with E-state index in [0.29, 0.717) is 13.0 Å². The van der Waals surface area contributed by atoms with Crippen molar-refractivity contribution < 1.29 is 31.1 Å². The topological polar surface area (TPSA) is 42.2 Å². The zero-order valence-corrected chi connectivity index (χ0v) is 29.8. The third kappa shape index (κ3) is 14.0. The lowest BCUT2D eigenvalue weighted by atomic mass is 9.84. The van der Waals surface area contributed by atoms with E-state index in [1.165, 1.54) is 81.1 Å². The molecule has 0 atom stereocenters. The van der Waals surface area contributed by atoms with E-state index < -0.39 is 0 Å². The average Bonchev–Trinajstić information content (AvgIpc) is 3.36. The number of benzene rings is 2. The van der Waals surface area contributed by atoms with Crippen LogP contribution in [0.25, 0.3) is 0 Å². The number of nitrogens with one attached hydrogen (secondary N) is 1. The van der Waals surface area contributed by atoms with Crippen molar-refractivity contribution in [3.8, 4) is 5.75 Å². The number of para-hydroxylation sites is 1. The molecule has 0 aliphatic rings. The quantitative estimate of drug-likeness (QED) is 0.111. The summed E-state index contributed by atoms with van der Waals surface area (Å²) in [5, 5.41) is 3.09. The van der Waals surface area contributed by atoms with Crippen LogP contribution in [0.4, 0.5) is 5.69 Å². The molecule has 6 heteroatoms. The van der Waals surface area contributed by atoms with E-state index in [1.54, 1.807) is 11.3 Å². The summed E-state index contributed by atoms with van der Waals surface area (Å²) in [5.74, 6) is 0.869. The average molecular weight is 672 g/mol. The first-order valence-electron chi connectivity index (χ1n) is 16.3. The van der Waals surface area contributed by atoms with Crippen molar-refractivity contribution in [2.45, 2.75) is 130 Å². The van der Waals surface area contributed by atoms with E-state index in [2.05, 4.69) is 80.5 Å². The van der Waals surface area contributed by atoms with E-state index in [-0.39, 0.29) is 28.3 Å². The van der Waals surface area contributed by atoms with Gasteiger partial charge in [-0.2, -0.15) is 4.57 Å². The van der Waals surface area contributed by atoms with Crippen LogP contribution >= 0.6 is 11.3 Å². The molecule has 0 unspecified atom stereocenters. The minimum absolute atomic E-state index is 0. The van der Waals surface area contributed by atoms with Gasteiger partial charge in [-0.25, -0.2) is 0 Å². The van der Waals surface area contributed by atoms with Gasteiger partial charge in [0.2, 0.25) is 11.4 Å². The molecule has 0 aliphatic carbocycles. The van der Waals surface area contributed by atoms with E-state index >= 15 is 0 Å². The highest BCUT2D eigenvalue weighted by molar-refractivity contribution is 7.09. The number of anilines is 1. The molecule has 0 aliphatic heterocycles. The fourth-order valence-electron chi connectivity index (χ4n) is 5.41. The van der Waals surface area contributed by atoms with Gasteiger partial charge in [0.15, 0.2) is 12.7 Å². The highest BCUT2D eigenvalue weighted by Crippen LogP contribution is 2.35. The van der Waals surface area contributed by atoms with Gasteiger partial charge >= 0.3 is 0 Å². The Balaban J connectivity index is 0.00000645. The molecule has 0 fully saturated rings. The molecule has 1 N–H and O–H groups in total. The van der Waals surface area contributed by atoms with Crippen molar-refractivity contribution in [3.05, 3.63) is 75.7 Å². The molecular formula is C37H55BrN2O2S. The van der Waals surface area contributed by atoms with E-state index in [1.807, 2.05) is 18.2 Å². The lowest BCUT2D eigenvalue weighted by molar-refractivity contribution is -0.683. The van der Waals surface area contributed by atoms with Crippen LogP contribution in [0.1, 0.15) is 126 Å². The monoisotopic (exact) mass is 670 g/mol. The number of ether oxygens (including phenoxy) is 1. The summed E-state index contributed by atoms with van der Waals surface area (Å²) >= 11 is 1.75. The smallest absolute Gasteiger partial charge is 0.228 e. The lowest BCUT2D eigenvalue weighted by Crippen LogP contribution is -3.00. The molecule has 0 spiro atoms. The number of aryl methyl sites for hydroxylation is 1. The van der Waals surface area contributed by atoms with Crippen LogP contribution in [-0.4, -0.2) is 12.5 Å². The molecule has 3 aromatic rings. The van der Waals surface area contributed by atoms with Crippen molar-refractivity contribution in [1.82, 2.24) is 0 Å². The molecule has 1 amide bonds. The fourth-order valence-corrected chi connectivity index (χ4v) is 6.05. The largest absolute Gasteiger partial charge is 1.00 e. The maximum absolute atomic E-state index is 13.1. The Morgan fingerprint density at radius 2 is 1.47 bits per heavy atom. The number of rotatable bonds is 19. The Hall–Kier alpha value is -2.18. The minimum Gasteiger partial charge on any atom is -1.00 e. The summed E-state index contributed by atoms with van der Waals surface area (Å²) in [6.45, 7) is 12.6. The normalized spacial score (nSPS) is 11.3. The second-order valence-electron chi connectivity index (χ2n) is 12.8. The van der Waals surface area contributed by atoms with Gasteiger partial charge in [-0.05, 0) is 36.5 Å². The Bertz CT molecular complexity index is 1200. The van der Waals surface area contributed by atoms with Gasteiger partial charge < -0.3 is 27.0 Å². The predicted molar refractivity (Wildman–Crippen MR) is 179 cm³/mol. The van der Waals surface area contributed by atoms with Crippen LogP contribution < -0.4 is 31.6 Å². The van der Waals surface area contributed by atoms with E-state index in [0.717, 1.165) is 35.5 Å². The Kier molecular flexibility index (Phi) is 17.2. The lowest BCUT2D eigenvalue weighted by Gasteiger charge is -2.25. The van der Waals surface area contributed by atoms with E-state index in [9.17, 15) is 4.79 Å². The van der Waals surface area contributed by atoms with Crippen molar-refractivity contribution in [2.75, 3.05) is 11.9 Å². The molecule has 238 valence electrons. The number of halogens is 1. The molecule has 2 aromatic carbocycles. The van der Waals surface area contributed by atoms with Gasteiger partial charge in [-0.1, -0.05) is 140 Å². The molecule has 0 radical (unpaired) electrons. The van der Waals surface area contributed by atoms with Crippen molar-refractivity contribution in [1.29, 1.82) is 0 Å². The molecule has 0 saturated heterocycles. The molecule has 0 saturated carbocycles. The van der Waals surface area contributed by atoms with Gasteiger partial charge in [0.25, 0.3) is 0 Å². The van der Waals surface area contributed by atoms with Gasteiger partial charge in [-0.3, -0.25) is 4.79 Å². The number of carbonyl (C=O) groups is 1. The summed E-state index contributed by atoms with van der Waals surface area (Å²) in [6, 6.07) is 14.4. The van der Waals surface area contributed by atoms with Crippen LogP contribution in [0.3, 0.4) is 0 Å². The third-order valence-electron chi connectivity index (χ3n) is 7.82. The fraction of sp³-hybridized carbons (Fsp3) is 0.568. The number of amides is 1. The summed E-state index contributed by atoms with van der Waals surface area (Å²) < 4.78 is 8.62. The standard InChI is InChI=1S/C37H54N2O2S.BrH/c1-6-7-8-9-10-11-12-13-14-15-16-17-25-41-36-32(19-18-20-34(36)37(3,4)5)26-35(40)38-33-23-21-31(22-24-33)28-39-27-30(2)42-29-39;/h18-24,27,29H,6-17,25-26,28H2,1-5H3;1H. The Morgan fingerprint density at radius 1 is 0.860 bits per heavy atom. The minimum atomic E-state index is -0.0623. The SMILES string of the molecule is CCCCCCCCCCCCCCOc1c(CC(=O)Nc2ccc(C[n+]3csc(C)c3)cc2)cccc1C(C)(C)C.[Br-]. The van der Waals surface area contributed by atoms with Crippen molar-refractivity contribution in [3.63, 3.8) is 0 Å².